The van der Waals surface area contributed by atoms with Crippen molar-refractivity contribution in [3.63, 3.8) is 0 Å². The number of aryl methyl sites for hydroxylation is 1. The first kappa shape index (κ1) is 18.2. The first-order valence-electron chi connectivity index (χ1n) is 8.00. The summed E-state index contributed by atoms with van der Waals surface area (Å²) in [5.41, 5.74) is 1.12. The van der Waals surface area contributed by atoms with Gasteiger partial charge in [-0.05, 0) is 19.1 Å². The average Bonchev–Trinajstić information content (AvgIpc) is 2.99. The summed E-state index contributed by atoms with van der Waals surface area (Å²) >= 11 is 0. The van der Waals surface area contributed by atoms with E-state index in [4.69, 9.17) is 0 Å². The Labute approximate surface area is 146 Å². The first-order chi connectivity index (χ1) is 11.6. The quantitative estimate of drug-likeness (QED) is 0.611. The lowest BCUT2D eigenvalue weighted by atomic mass is 10.3. The fraction of sp³-hybridized carbons (Fsp3) is 0.412. The normalized spacial score (nSPS) is 12.9. The van der Waals surface area contributed by atoms with Crippen LogP contribution >= 0.6 is 0 Å². The Morgan fingerprint density at radius 3 is 2.75 bits per heavy atom. The Balaban J connectivity index is 1.93. The van der Waals surface area contributed by atoms with Crippen LogP contribution in [0, 0.1) is 0 Å². The predicted octanol–water partition coefficient (Wildman–Crippen LogP) is 1.63. The highest BCUT2D eigenvalue weighted by molar-refractivity contribution is 7.85. The highest BCUT2D eigenvalue weighted by Crippen LogP contribution is 2.06. The summed E-state index contributed by atoms with van der Waals surface area (Å²) in [7, 11) is 2.87. The molecular formula is C17H25N5OS. The zero-order valence-electron chi connectivity index (χ0n) is 14.5. The van der Waals surface area contributed by atoms with Crippen LogP contribution in [0.5, 0.6) is 0 Å². The zero-order valence-corrected chi connectivity index (χ0v) is 15.3. The first-order valence-corrected chi connectivity index (χ1v) is 9.32. The number of aliphatic imine (C=N–C) groups is 1. The SMILES string of the molecule is CCNC(=NCCS(=O)c1ccccc1)N(C)Cc1cnn(C)c1. The number of rotatable bonds is 7. The molecule has 6 nitrogen and oxygen atoms in total. The molecule has 1 unspecified atom stereocenters. The van der Waals surface area contributed by atoms with Crippen molar-refractivity contribution in [2.45, 2.75) is 18.4 Å². The summed E-state index contributed by atoms with van der Waals surface area (Å²) in [6.45, 7) is 4.07. The van der Waals surface area contributed by atoms with Crippen LogP contribution in [0.1, 0.15) is 12.5 Å². The molecule has 0 bridgehead atoms. The third-order valence-electron chi connectivity index (χ3n) is 3.42. The van der Waals surface area contributed by atoms with Crippen LogP contribution in [-0.2, 0) is 24.4 Å². The van der Waals surface area contributed by atoms with Crippen molar-refractivity contribution < 1.29 is 4.21 Å². The molecule has 7 heteroatoms. The number of nitrogens with one attached hydrogen (secondary N) is 1. The van der Waals surface area contributed by atoms with Gasteiger partial charge in [0.05, 0.1) is 23.5 Å². The van der Waals surface area contributed by atoms with Crippen molar-refractivity contribution in [2.24, 2.45) is 12.0 Å². The maximum absolute atomic E-state index is 12.2. The standard InChI is InChI=1S/C17H25N5OS/c1-4-18-17(21(2)13-15-12-20-22(3)14-15)19-10-11-24(23)16-8-6-5-7-9-16/h5-9,12,14H,4,10-11,13H2,1-3H3,(H,18,19). The molecule has 0 aliphatic carbocycles. The maximum Gasteiger partial charge on any atom is 0.193 e. The van der Waals surface area contributed by atoms with E-state index in [0.717, 1.165) is 29.5 Å². The van der Waals surface area contributed by atoms with E-state index in [2.05, 4.69) is 15.4 Å². The summed E-state index contributed by atoms with van der Waals surface area (Å²) in [5, 5.41) is 7.46. The predicted molar refractivity (Wildman–Crippen MR) is 98.4 cm³/mol. The zero-order chi connectivity index (χ0) is 17.4. The Bertz CT molecular complexity index is 683. The van der Waals surface area contributed by atoms with Gasteiger partial charge in [0.25, 0.3) is 0 Å². The van der Waals surface area contributed by atoms with E-state index in [1.807, 2.05) is 68.6 Å². The smallest absolute Gasteiger partial charge is 0.193 e. The minimum absolute atomic E-state index is 0.514. The molecule has 1 N–H and O–H groups in total. The Kier molecular flexibility index (Phi) is 6.99. The largest absolute Gasteiger partial charge is 0.357 e. The van der Waals surface area contributed by atoms with Gasteiger partial charge >= 0.3 is 0 Å². The molecular weight excluding hydrogens is 322 g/mol. The fourth-order valence-electron chi connectivity index (χ4n) is 2.30. The highest BCUT2D eigenvalue weighted by Gasteiger charge is 2.08. The highest BCUT2D eigenvalue weighted by atomic mass is 32.2. The molecule has 0 spiro atoms. The number of aromatic nitrogens is 2. The van der Waals surface area contributed by atoms with Crippen molar-refractivity contribution in [1.29, 1.82) is 0 Å². The van der Waals surface area contributed by atoms with E-state index in [1.165, 1.54) is 0 Å². The Morgan fingerprint density at radius 1 is 1.38 bits per heavy atom. The third-order valence-corrected chi connectivity index (χ3v) is 4.77. The molecule has 0 radical (unpaired) electrons. The average molecular weight is 347 g/mol. The van der Waals surface area contributed by atoms with E-state index in [-0.39, 0.29) is 0 Å². The summed E-state index contributed by atoms with van der Waals surface area (Å²) in [6, 6.07) is 9.51. The van der Waals surface area contributed by atoms with Gasteiger partial charge in [0.15, 0.2) is 5.96 Å². The number of hydrogen-bond donors (Lipinski definition) is 1. The lowest BCUT2D eigenvalue weighted by molar-refractivity contribution is 0.477. The van der Waals surface area contributed by atoms with E-state index < -0.39 is 10.8 Å². The van der Waals surface area contributed by atoms with Crippen molar-refractivity contribution in [3.05, 3.63) is 48.3 Å². The van der Waals surface area contributed by atoms with Crippen LogP contribution in [0.25, 0.3) is 0 Å². The summed E-state index contributed by atoms with van der Waals surface area (Å²) in [4.78, 5) is 7.49. The molecule has 1 heterocycles. The number of nitrogens with zero attached hydrogens (tertiary/aromatic N) is 4. The van der Waals surface area contributed by atoms with Gasteiger partial charge in [-0.2, -0.15) is 5.10 Å². The molecule has 0 fully saturated rings. The molecule has 130 valence electrons. The Hall–Kier alpha value is -2.15. The third kappa shape index (κ3) is 5.49. The van der Waals surface area contributed by atoms with E-state index >= 15 is 0 Å². The molecule has 1 atom stereocenters. The minimum atomic E-state index is -1.02. The van der Waals surface area contributed by atoms with Crippen LogP contribution in [0.2, 0.25) is 0 Å². The van der Waals surface area contributed by atoms with E-state index in [9.17, 15) is 4.21 Å². The molecule has 2 aromatic rings. The molecule has 0 aliphatic heterocycles. The molecule has 1 aromatic carbocycles. The van der Waals surface area contributed by atoms with Gasteiger partial charge in [-0.3, -0.25) is 13.9 Å². The number of hydrogen-bond acceptors (Lipinski definition) is 3. The lowest BCUT2D eigenvalue weighted by Crippen LogP contribution is -2.38. The molecule has 24 heavy (non-hydrogen) atoms. The monoisotopic (exact) mass is 347 g/mol. The number of guanidine groups is 1. The summed E-state index contributed by atoms with van der Waals surface area (Å²) < 4.78 is 14.0. The summed E-state index contributed by atoms with van der Waals surface area (Å²) in [6.07, 6.45) is 3.84. The van der Waals surface area contributed by atoms with Crippen LogP contribution < -0.4 is 5.32 Å². The second-order valence-corrected chi connectivity index (χ2v) is 7.05. The fourth-order valence-corrected chi connectivity index (χ4v) is 3.25. The van der Waals surface area contributed by atoms with Crippen LogP contribution in [0.15, 0.2) is 52.6 Å². The topological polar surface area (TPSA) is 62.5 Å². The Morgan fingerprint density at radius 2 is 2.12 bits per heavy atom. The second-order valence-electron chi connectivity index (χ2n) is 5.48. The van der Waals surface area contributed by atoms with Crippen molar-refractivity contribution in [2.75, 3.05) is 25.9 Å². The van der Waals surface area contributed by atoms with Gasteiger partial charge in [-0.25, -0.2) is 0 Å². The minimum Gasteiger partial charge on any atom is -0.357 e. The molecule has 0 amide bonds. The summed E-state index contributed by atoms with van der Waals surface area (Å²) in [5.74, 6) is 1.33. The molecule has 0 aliphatic rings. The molecule has 2 rings (SSSR count). The van der Waals surface area contributed by atoms with Crippen LogP contribution in [0.4, 0.5) is 0 Å². The van der Waals surface area contributed by atoms with Gasteiger partial charge in [0.2, 0.25) is 0 Å². The van der Waals surface area contributed by atoms with E-state index in [0.29, 0.717) is 12.3 Å². The molecule has 0 saturated heterocycles. The maximum atomic E-state index is 12.2. The van der Waals surface area contributed by atoms with Gasteiger partial charge in [0, 0.05) is 49.6 Å². The van der Waals surface area contributed by atoms with Crippen molar-refractivity contribution >= 4 is 16.8 Å². The van der Waals surface area contributed by atoms with Gasteiger partial charge in [-0.1, -0.05) is 18.2 Å². The second kappa shape index (κ2) is 9.22. The van der Waals surface area contributed by atoms with Gasteiger partial charge in [-0.15, -0.1) is 0 Å². The van der Waals surface area contributed by atoms with E-state index in [1.54, 1.807) is 4.68 Å². The van der Waals surface area contributed by atoms with Crippen molar-refractivity contribution in [1.82, 2.24) is 20.0 Å². The molecule has 0 saturated carbocycles. The van der Waals surface area contributed by atoms with Crippen LogP contribution in [0.3, 0.4) is 0 Å². The van der Waals surface area contributed by atoms with Gasteiger partial charge in [0.1, 0.15) is 0 Å². The number of benzene rings is 1. The lowest BCUT2D eigenvalue weighted by Gasteiger charge is -2.21. The van der Waals surface area contributed by atoms with Crippen molar-refractivity contribution in [3.8, 4) is 0 Å². The van der Waals surface area contributed by atoms with Gasteiger partial charge < -0.3 is 10.2 Å². The van der Waals surface area contributed by atoms with Crippen LogP contribution in [-0.4, -0.2) is 50.7 Å². The molecule has 1 aromatic heterocycles.